The topological polar surface area (TPSA) is 93.7 Å². The minimum absolute atomic E-state index is 0.00237. The molecule has 9 heteroatoms. The quantitative estimate of drug-likeness (QED) is 0.379. The van der Waals surface area contributed by atoms with Crippen LogP contribution >= 0.6 is 0 Å². The van der Waals surface area contributed by atoms with Crippen molar-refractivity contribution in [1.29, 1.82) is 0 Å². The second-order valence-corrected chi connectivity index (χ2v) is 7.05. The Hall–Kier alpha value is -2.97. The third-order valence-corrected chi connectivity index (χ3v) is 5.08. The van der Waals surface area contributed by atoms with E-state index in [0.717, 1.165) is 12.1 Å². The van der Waals surface area contributed by atoms with Crippen LogP contribution in [0.3, 0.4) is 0 Å². The van der Waals surface area contributed by atoms with Crippen molar-refractivity contribution in [3.8, 4) is 0 Å². The summed E-state index contributed by atoms with van der Waals surface area (Å²) in [7, 11) is 1.21. The molecular formula is C21H26F2N2O5. The van der Waals surface area contributed by atoms with Gasteiger partial charge in [-0.05, 0) is 32.8 Å². The fourth-order valence-electron chi connectivity index (χ4n) is 3.52. The van der Waals surface area contributed by atoms with Gasteiger partial charge in [0.2, 0.25) is 5.91 Å². The van der Waals surface area contributed by atoms with Crippen LogP contribution in [0.2, 0.25) is 0 Å². The molecule has 2 rings (SSSR count). The van der Waals surface area contributed by atoms with Crippen LogP contribution in [0.25, 0.3) is 0 Å². The maximum absolute atomic E-state index is 14.1. The van der Waals surface area contributed by atoms with Crippen LogP contribution in [0.1, 0.15) is 51.1 Å². The van der Waals surface area contributed by atoms with E-state index in [4.69, 9.17) is 9.47 Å². The van der Waals surface area contributed by atoms with Crippen molar-refractivity contribution in [2.45, 2.75) is 45.6 Å². The number of nitrogens with one attached hydrogen (secondary N) is 2. The van der Waals surface area contributed by atoms with Crippen molar-refractivity contribution >= 4 is 17.8 Å². The second-order valence-electron chi connectivity index (χ2n) is 7.05. The number of halogens is 2. The van der Waals surface area contributed by atoms with Gasteiger partial charge in [-0.1, -0.05) is 25.0 Å². The Balaban J connectivity index is 2.29. The summed E-state index contributed by atoms with van der Waals surface area (Å²) < 4.78 is 37.4. The predicted molar refractivity (Wildman–Crippen MR) is 104 cm³/mol. The van der Waals surface area contributed by atoms with Crippen molar-refractivity contribution in [3.63, 3.8) is 0 Å². The monoisotopic (exact) mass is 424 g/mol. The molecule has 0 aromatic heterocycles. The number of amides is 1. The van der Waals surface area contributed by atoms with Crippen LogP contribution in [0.15, 0.2) is 30.1 Å². The average molecular weight is 424 g/mol. The summed E-state index contributed by atoms with van der Waals surface area (Å²) in [5.41, 5.74) is -1.36. The molecule has 0 spiro atoms. The number of hydrogen-bond acceptors (Lipinski definition) is 6. The molecule has 1 aromatic rings. The lowest BCUT2D eigenvalue weighted by molar-refractivity contribution is -0.158. The third-order valence-electron chi connectivity index (χ3n) is 5.08. The number of esters is 2. The highest BCUT2D eigenvalue weighted by atomic mass is 19.2. The standard InChI is InChI=1S/C21H26F2N2O5/c1-4-30-17(26)12-16(24-13(2)14-8-7-9-15(22)18(14)23)25-19(27)21(20(28)29-3)10-5-6-11-21/h7-9,12-13,24H,4-6,10-11H2,1-3H3,(H,25,27)/t13-/m0/s1. The van der Waals surface area contributed by atoms with Crippen LogP contribution in [0, 0.1) is 17.0 Å². The van der Waals surface area contributed by atoms with E-state index in [2.05, 4.69) is 10.6 Å². The number of carbonyl (C=O) groups excluding carboxylic acids is 3. The van der Waals surface area contributed by atoms with Crippen LogP contribution < -0.4 is 10.6 Å². The highest BCUT2D eigenvalue weighted by Crippen LogP contribution is 2.39. The van der Waals surface area contributed by atoms with Crippen LogP contribution in [-0.2, 0) is 23.9 Å². The Labute approximate surface area is 173 Å². The highest BCUT2D eigenvalue weighted by molar-refractivity contribution is 6.03. The van der Waals surface area contributed by atoms with E-state index in [-0.39, 0.29) is 18.0 Å². The number of carbonyl (C=O) groups is 3. The Kier molecular flexibility index (Phi) is 7.91. The molecule has 1 fully saturated rings. The second kappa shape index (κ2) is 10.2. The Morgan fingerprint density at radius 2 is 1.90 bits per heavy atom. The van der Waals surface area contributed by atoms with Crippen molar-refractivity contribution < 1.29 is 32.6 Å². The summed E-state index contributed by atoms with van der Waals surface area (Å²) in [6.45, 7) is 3.26. The summed E-state index contributed by atoms with van der Waals surface area (Å²) in [5.74, 6) is -4.19. The lowest BCUT2D eigenvalue weighted by Crippen LogP contribution is -2.47. The summed E-state index contributed by atoms with van der Waals surface area (Å²) in [5, 5.41) is 5.32. The van der Waals surface area contributed by atoms with E-state index >= 15 is 0 Å². The van der Waals surface area contributed by atoms with Crippen molar-refractivity contribution in [2.24, 2.45) is 5.41 Å². The first-order valence-electron chi connectivity index (χ1n) is 9.74. The molecule has 30 heavy (non-hydrogen) atoms. The number of methoxy groups -OCH3 is 1. The van der Waals surface area contributed by atoms with E-state index in [9.17, 15) is 23.2 Å². The molecule has 7 nitrogen and oxygen atoms in total. The zero-order valence-corrected chi connectivity index (χ0v) is 17.2. The molecule has 0 aliphatic heterocycles. The van der Waals surface area contributed by atoms with Gasteiger partial charge < -0.3 is 20.1 Å². The van der Waals surface area contributed by atoms with Crippen molar-refractivity contribution in [1.82, 2.24) is 10.6 Å². The number of rotatable bonds is 8. The predicted octanol–water partition coefficient (Wildman–Crippen LogP) is 2.87. The van der Waals surface area contributed by atoms with Gasteiger partial charge in [-0.3, -0.25) is 9.59 Å². The molecular weight excluding hydrogens is 398 g/mol. The Bertz CT molecular complexity index is 835. The van der Waals surface area contributed by atoms with Crippen LogP contribution in [0.4, 0.5) is 8.78 Å². The lowest BCUT2D eigenvalue weighted by atomic mass is 9.85. The van der Waals surface area contributed by atoms with Gasteiger partial charge in [-0.25, -0.2) is 13.6 Å². The summed E-state index contributed by atoms with van der Waals surface area (Å²) in [6.07, 6.45) is 2.98. The van der Waals surface area contributed by atoms with Gasteiger partial charge in [-0.2, -0.15) is 0 Å². The van der Waals surface area contributed by atoms with E-state index in [1.54, 1.807) is 6.92 Å². The van der Waals surface area contributed by atoms with Gasteiger partial charge in [0.1, 0.15) is 11.2 Å². The fourth-order valence-corrected chi connectivity index (χ4v) is 3.52. The normalized spacial score (nSPS) is 16.5. The number of hydrogen-bond donors (Lipinski definition) is 2. The van der Waals surface area contributed by atoms with E-state index in [1.807, 2.05) is 0 Å². The first kappa shape index (κ1) is 23.3. The summed E-state index contributed by atoms with van der Waals surface area (Å²) in [4.78, 5) is 37.2. The first-order valence-corrected chi connectivity index (χ1v) is 9.74. The molecule has 1 aromatic carbocycles. The largest absolute Gasteiger partial charge is 0.468 e. The molecule has 1 aliphatic carbocycles. The SMILES string of the molecule is CCOC(=O)C=C(NC(=O)C1(C(=O)OC)CCCC1)N[C@@H](C)c1cccc(F)c1F. The summed E-state index contributed by atoms with van der Waals surface area (Å²) in [6, 6.07) is 2.92. The van der Waals surface area contributed by atoms with Gasteiger partial charge in [0.25, 0.3) is 0 Å². The summed E-state index contributed by atoms with van der Waals surface area (Å²) >= 11 is 0. The minimum atomic E-state index is -1.36. The van der Waals surface area contributed by atoms with Gasteiger partial charge in [0.15, 0.2) is 11.6 Å². The zero-order chi connectivity index (χ0) is 22.3. The van der Waals surface area contributed by atoms with Gasteiger partial charge in [0, 0.05) is 5.56 Å². The molecule has 0 bridgehead atoms. The molecule has 1 aliphatic rings. The third kappa shape index (κ3) is 5.14. The van der Waals surface area contributed by atoms with E-state index < -0.39 is 40.9 Å². The maximum atomic E-state index is 14.1. The molecule has 2 N–H and O–H groups in total. The van der Waals surface area contributed by atoms with Crippen molar-refractivity contribution in [2.75, 3.05) is 13.7 Å². The molecule has 0 unspecified atom stereocenters. The molecule has 0 heterocycles. The van der Waals surface area contributed by atoms with Gasteiger partial charge in [0.05, 0.1) is 25.8 Å². The Morgan fingerprint density at radius 3 is 2.50 bits per heavy atom. The molecule has 1 amide bonds. The minimum Gasteiger partial charge on any atom is -0.468 e. The molecule has 164 valence electrons. The average Bonchev–Trinajstić information content (AvgIpc) is 3.20. The smallest absolute Gasteiger partial charge is 0.334 e. The molecule has 1 atom stereocenters. The molecule has 0 radical (unpaired) electrons. The van der Waals surface area contributed by atoms with Gasteiger partial charge >= 0.3 is 11.9 Å². The van der Waals surface area contributed by atoms with Crippen molar-refractivity contribution in [3.05, 3.63) is 47.3 Å². The van der Waals surface area contributed by atoms with Crippen LogP contribution in [-0.4, -0.2) is 31.6 Å². The van der Waals surface area contributed by atoms with Crippen LogP contribution in [0.5, 0.6) is 0 Å². The fraction of sp³-hybridized carbons (Fsp3) is 0.476. The zero-order valence-electron chi connectivity index (χ0n) is 17.2. The number of ether oxygens (including phenoxy) is 2. The first-order chi connectivity index (χ1) is 14.2. The molecule has 1 saturated carbocycles. The van der Waals surface area contributed by atoms with Gasteiger partial charge in [-0.15, -0.1) is 0 Å². The maximum Gasteiger partial charge on any atom is 0.334 e. The highest BCUT2D eigenvalue weighted by Gasteiger charge is 2.49. The lowest BCUT2D eigenvalue weighted by Gasteiger charge is -2.26. The van der Waals surface area contributed by atoms with E-state index in [1.165, 1.54) is 26.2 Å². The molecule has 0 saturated heterocycles. The number of benzene rings is 1. The van der Waals surface area contributed by atoms with E-state index in [0.29, 0.717) is 25.7 Å². The Morgan fingerprint density at radius 1 is 1.23 bits per heavy atom.